The normalized spacial score (nSPS) is 13.2. The third-order valence-corrected chi connectivity index (χ3v) is 1.59. The molecule has 0 radical (unpaired) electrons. The Morgan fingerprint density at radius 3 is 2.77 bits per heavy atom. The minimum absolute atomic E-state index is 0.0821. The highest BCUT2D eigenvalue weighted by Gasteiger charge is 2.04. The molecule has 2 nitrogen and oxygen atoms in total. The fourth-order valence-corrected chi connectivity index (χ4v) is 0.975. The number of hydrogen-bond acceptors (Lipinski definition) is 3. The average Bonchev–Trinajstić information content (AvgIpc) is 2.02. The Bertz CT molecular complexity index is 164. The molecule has 13 heavy (non-hydrogen) atoms. The van der Waals surface area contributed by atoms with Gasteiger partial charge in [0.15, 0.2) is 0 Å². The number of thiol groups is 1. The van der Waals surface area contributed by atoms with Gasteiger partial charge in [0.2, 0.25) is 0 Å². The van der Waals surface area contributed by atoms with Gasteiger partial charge in [0.1, 0.15) is 0 Å². The van der Waals surface area contributed by atoms with Crippen molar-refractivity contribution in [2.24, 2.45) is 0 Å². The van der Waals surface area contributed by atoms with E-state index in [0.717, 1.165) is 12.8 Å². The molecule has 1 atom stereocenters. The summed E-state index contributed by atoms with van der Waals surface area (Å²) in [5.41, 5.74) is 0. The molecule has 0 aromatic carbocycles. The van der Waals surface area contributed by atoms with Crippen molar-refractivity contribution in [2.45, 2.75) is 38.4 Å². The lowest BCUT2D eigenvalue weighted by atomic mass is 10.3. The minimum Gasteiger partial charge on any atom is -0.465 e. The van der Waals surface area contributed by atoms with Gasteiger partial charge in [-0.05, 0) is 12.8 Å². The van der Waals surface area contributed by atoms with E-state index in [-0.39, 0.29) is 11.2 Å². The lowest BCUT2D eigenvalue weighted by Gasteiger charge is -2.04. The zero-order valence-corrected chi connectivity index (χ0v) is 9.22. The average molecular weight is 202 g/mol. The molecule has 0 bridgehead atoms. The fourth-order valence-electron chi connectivity index (χ4n) is 0.825. The molecule has 76 valence electrons. The van der Waals surface area contributed by atoms with Gasteiger partial charge in [0.05, 0.1) is 13.0 Å². The maximum Gasteiger partial charge on any atom is 0.306 e. The Kier molecular flexibility index (Phi) is 7.90. The van der Waals surface area contributed by atoms with Crippen LogP contribution in [0.5, 0.6) is 0 Å². The summed E-state index contributed by atoms with van der Waals surface area (Å²) in [6.45, 7) is 4.43. The summed E-state index contributed by atoms with van der Waals surface area (Å²) in [5.74, 6) is -0.160. The standard InChI is InChI=1S/C10H18O2S/c1-3-4-5-6-7-12-10(11)8-9(2)13/h4-5,9,13H,3,6-8H2,1-2H3/b5-4+. The van der Waals surface area contributed by atoms with Gasteiger partial charge in [-0.2, -0.15) is 12.6 Å². The van der Waals surface area contributed by atoms with Crippen LogP contribution in [-0.4, -0.2) is 17.8 Å². The Morgan fingerprint density at radius 1 is 1.54 bits per heavy atom. The van der Waals surface area contributed by atoms with Crippen molar-refractivity contribution in [1.29, 1.82) is 0 Å². The first-order valence-corrected chi connectivity index (χ1v) is 5.17. The van der Waals surface area contributed by atoms with Crippen molar-refractivity contribution in [3.05, 3.63) is 12.2 Å². The maximum atomic E-state index is 11.0. The minimum atomic E-state index is -0.160. The van der Waals surface area contributed by atoms with E-state index >= 15 is 0 Å². The van der Waals surface area contributed by atoms with Gasteiger partial charge >= 0.3 is 5.97 Å². The van der Waals surface area contributed by atoms with E-state index in [2.05, 4.69) is 25.6 Å². The number of hydrogen-bond donors (Lipinski definition) is 1. The molecule has 1 unspecified atom stereocenters. The van der Waals surface area contributed by atoms with Crippen molar-refractivity contribution < 1.29 is 9.53 Å². The van der Waals surface area contributed by atoms with Gasteiger partial charge in [0.25, 0.3) is 0 Å². The number of rotatable bonds is 6. The van der Waals surface area contributed by atoms with Gasteiger partial charge in [-0.25, -0.2) is 0 Å². The van der Waals surface area contributed by atoms with E-state index < -0.39 is 0 Å². The topological polar surface area (TPSA) is 26.3 Å². The summed E-state index contributed by atoms with van der Waals surface area (Å²) in [5, 5.41) is 0.0821. The van der Waals surface area contributed by atoms with E-state index in [1.807, 2.05) is 13.0 Å². The lowest BCUT2D eigenvalue weighted by Crippen LogP contribution is -2.09. The smallest absolute Gasteiger partial charge is 0.306 e. The van der Waals surface area contributed by atoms with Gasteiger partial charge < -0.3 is 4.74 Å². The molecule has 0 aromatic heterocycles. The zero-order valence-electron chi connectivity index (χ0n) is 8.32. The molecule has 0 fully saturated rings. The zero-order chi connectivity index (χ0) is 10.1. The molecule has 0 amide bonds. The molecular weight excluding hydrogens is 184 g/mol. The summed E-state index contributed by atoms with van der Waals surface area (Å²) in [6.07, 6.45) is 6.31. The summed E-state index contributed by atoms with van der Waals surface area (Å²) in [6, 6.07) is 0. The second-order valence-corrected chi connectivity index (χ2v) is 3.82. The first-order valence-electron chi connectivity index (χ1n) is 4.65. The molecule has 0 rings (SSSR count). The van der Waals surface area contributed by atoms with Gasteiger partial charge in [-0.15, -0.1) is 0 Å². The highest BCUT2D eigenvalue weighted by molar-refractivity contribution is 7.80. The van der Waals surface area contributed by atoms with Crippen LogP contribution in [0.1, 0.15) is 33.1 Å². The van der Waals surface area contributed by atoms with Crippen LogP contribution in [0.2, 0.25) is 0 Å². The predicted molar refractivity (Wildman–Crippen MR) is 58.1 cm³/mol. The van der Waals surface area contributed by atoms with Crippen molar-refractivity contribution in [3.63, 3.8) is 0 Å². The Balaban J connectivity index is 3.32. The molecule has 0 spiro atoms. The van der Waals surface area contributed by atoms with E-state index in [1.54, 1.807) is 0 Å². The molecule has 0 aliphatic carbocycles. The molecule has 0 saturated heterocycles. The molecule has 0 saturated carbocycles. The van der Waals surface area contributed by atoms with E-state index in [1.165, 1.54) is 0 Å². The molecule has 0 N–H and O–H groups in total. The molecule has 3 heteroatoms. The van der Waals surface area contributed by atoms with Crippen molar-refractivity contribution >= 4 is 18.6 Å². The molecule has 0 aromatic rings. The first kappa shape index (κ1) is 12.6. The Labute approximate surface area is 85.8 Å². The van der Waals surface area contributed by atoms with Crippen LogP contribution in [-0.2, 0) is 9.53 Å². The Morgan fingerprint density at radius 2 is 2.23 bits per heavy atom. The number of esters is 1. The second kappa shape index (κ2) is 8.17. The third-order valence-electron chi connectivity index (χ3n) is 1.41. The number of carbonyl (C=O) groups excluding carboxylic acids is 1. The largest absolute Gasteiger partial charge is 0.465 e. The number of carbonyl (C=O) groups is 1. The molecular formula is C10H18O2S. The van der Waals surface area contributed by atoms with Gasteiger partial charge in [-0.3, -0.25) is 4.79 Å². The summed E-state index contributed by atoms with van der Waals surface area (Å²) < 4.78 is 4.96. The van der Waals surface area contributed by atoms with Crippen LogP contribution in [0.25, 0.3) is 0 Å². The van der Waals surface area contributed by atoms with Crippen LogP contribution < -0.4 is 0 Å². The lowest BCUT2D eigenvalue weighted by molar-refractivity contribution is -0.143. The van der Waals surface area contributed by atoms with E-state index in [4.69, 9.17) is 4.74 Å². The highest BCUT2D eigenvalue weighted by Crippen LogP contribution is 2.01. The van der Waals surface area contributed by atoms with Gasteiger partial charge in [0, 0.05) is 5.25 Å². The number of allylic oxidation sites excluding steroid dienone is 1. The van der Waals surface area contributed by atoms with E-state index in [9.17, 15) is 4.79 Å². The molecule has 0 heterocycles. The van der Waals surface area contributed by atoms with Crippen molar-refractivity contribution in [1.82, 2.24) is 0 Å². The third kappa shape index (κ3) is 9.47. The summed E-state index contributed by atoms with van der Waals surface area (Å²) in [4.78, 5) is 11.0. The van der Waals surface area contributed by atoms with Crippen LogP contribution in [0.3, 0.4) is 0 Å². The van der Waals surface area contributed by atoms with Crippen LogP contribution in [0.4, 0.5) is 0 Å². The summed E-state index contributed by atoms with van der Waals surface area (Å²) >= 11 is 4.10. The van der Waals surface area contributed by atoms with Crippen LogP contribution >= 0.6 is 12.6 Å². The van der Waals surface area contributed by atoms with E-state index in [0.29, 0.717) is 13.0 Å². The quantitative estimate of drug-likeness (QED) is 0.310. The highest BCUT2D eigenvalue weighted by atomic mass is 32.1. The summed E-state index contributed by atoms with van der Waals surface area (Å²) in [7, 11) is 0. The monoisotopic (exact) mass is 202 g/mol. The Hall–Kier alpha value is -0.440. The molecule has 0 aliphatic heterocycles. The predicted octanol–water partition coefficient (Wildman–Crippen LogP) is 2.59. The van der Waals surface area contributed by atoms with Crippen molar-refractivity contribution in [3.8, 4) is 0 Å². The van der Waals surface area contributed by atoms with Crippen molar-refractivity contribution in [2.75, 3.05) is 6.61 Å². The second-order valence-electron chi connectivity index (χ2n) is 2.94. The SMILES string of the molecule is CC/C=C/CCOC(=O)CC(C)S. The fraction of sp³-hybridized carbons (Fsp3) is 0.700. The van der Waals surface area contributed by atoms with Crippen LogP contribution in [0.15, 0.2) is 12.2 Å². The van der Waals surface area contributed by atoms with Crippen LogP contribution in [0, 0.1) is 0 Å². The number of ether oxygens (including phenoxy) is 1. The maximum absolute atomic E-state index is 11.0. The van der Waals surface area contributed by atoms with Gasteiger partial charge in [-0.1, -0.05) is 26.0 Å². The molecule has 0 aliphatic rings. The first-order chi connectivity index (χ1) is 6.16.